The maximum atomic E-state index is 12.7. The number of aliphatic carboxylic acids is 2. The number of carboxylic acid groups (broad SMARTS) is 2. The van der Waals surface area contributed by atoms with Crippen LogP contribution in [0, 0.1) is 0 Å². The van der Waals surface area contributed by atoms with E-state index in [9.17, 15) is 29.1 Å². The van der Waals surface area contributed by atoms with E-state index in [0.717, 1.165) is 0 Å². The Bertz CT molecular complexity index is 871. The van der Waals surface area contributed by atoms with Crippen LogP contribution in [0.1, 0.15) is 31.2 Å². The summed E-state index contributed by atoms with van der Waals surface area (Å²) in [5, 5.41) is 25.6. The first kappa shape index (κ1) is 29.9. The molecule has 3 amide bonds. The third-order valence-corrected chi connectivity index (χ3v) is 5.40. The fourth-order valence-corrected chi connectivity index (χ4v) is 3.35. The lowest BCUT2D eigenvalue weighted by Crippen LogP contribution is -2.58. The lowest BCUT2D eigenvalue weighted by atomic mass is 10.1. The van der Waals surface area contributed by atoms with E-state index < -0.39 is 60.2 Å². The fourth-order valence-electron chi connectivity index (χ4n) is 3.09. The Balaban J connectivity index is 2.83. The highest BCUT2D eigenvalue weighted by Gasteiger charge is 2.31. The highest BCUT2D eigenvalue weighted by atomic mass is 32.1. The summed E-state index contributed by atoms with van der Waals surface area (Å²) in [6.07, 6.45) is 0.787. The van der Waals surface area contributed by atoms with Crippen LogP contribution in [0.15, 0.2) is 30.3 Å². The summed E-state index contributed by atoms with van der Waals surface area (Å²) in [6, 6.07) is 3.62. The van der Waals surface area contributed by atoms with Crippen LogP contribution in [-0.2, 0) is 30.4 Å². The van der Waals surface area contributed by atoms with E-state index in [-0.39, 0.29) is 12.2 Å². The van der Waals surface area contributed by atoms with Crippen LogP contribution < -0.4 is 27.4 Å². The Kier molecular flexibility index (Phi) is 13.4. The van der Waals surface area contributed by atoms with Gasteiger partial charge in [0.2, 0.25) is 17.7 Å². The molecule has 4 atom stereocenters. The van der Waals surface area contributed by atoms with Gasteiger partial charge in [0.05, 0.1) is 12.5 Å². The van der Waals surface area contributed by atoms with Crippen LogP contribution in [0.25, 0.3) is 0 Å². The van der Waals surface area contributed by atoms with Gasteiger partial charge in [0.1, 0.15) is 18.1 Å². The lowest BCUT2D eigenvalue weighted by molar-refractivity contribution is -0.143. The van der Waals surface area contributed by atoms with Gasteiger partial charge in [0, 0.05) is 12.2 Å². The first-order valence-electron chi connectivity index (χ1n) is 11.0. The molecule has 0 fully saturated rings. The molecule has 0 aliphatic heterocycles. The number of carbonyl (C=O) groups excluding carboxylic acids is 3. The maximum Gasteiger partial charge on any atom is 0.326 e. The van der Waals surface area contributed by atoms with Crippen LogP contribution in [0.4, 0.5) is 0 Å². The predicted octanol–water partition coefficient (Wildman–Crippen LogP) is -1.37. The van der Waals surface area contributed by atoms with Crippen molar-refractivity contribution in [1.82, 2.24) is 16.0 Å². The van der Waals surface area contributed by atoms with Crippen molar-refractivity contribution in [2.75, 3.05) is 12.3 Å². The molecule has 12 nitrogen and oxygen atoms in total. The van der Waals surface area contributed by atoms with Gasteiger partial charge >= 0.3 is 11.9 Å². The number of nitrogens with one attached hydrogen (secondary N) is 3. The number of carboxylic acids is 2. The zero-order chi connectivity index (χ0) is 26.4. The number of rotatable bonds is 16. The van der Waals surface area contributed by atoms with Gasteiger partial charge in [0.15, 0.2) is 0 Å². The van der Waals surface area contributed by atoms with Crippen LogP contribution >= 0.6 is 12.6 Å². The van der Waals surface area contributed by atoms with Gasteiger partial charge in [-0.2, -0.15) is 12.6 Å². The van der Waals surface area contributed by atoms with Crippen molar-refractivity contribution < 1.29 is 34.2 Å². The van der Waals surface area contributed by atoms with E-state index in [1.54, 1.807) is 30.3 Å². The van der Waals surface area contributed by atoms with Crippen molar-refractivity contribution in [3.05, 3.63) is 35.9 Å². The number of benzene rings is 1. The molecule has 194 valence electrons. The topological polar surface area (TPSA) is 214 Å². The zero-order valence-corrected chi connectivity index (χ0v) is 20.1. The van der Waals surface area contributed by atoms with E-state index in [1.165, 1.54) is 0 Å². The smallest absolute Gasteiger partial charge is 0.326 e. The SMILES string of the molecule is NCCCCC(N)C(=O)NC(CC(=O)O)C(=O)NC(CS)C(=O)NC(Cc1ccccc1)C(=O)O. The average molecular weight is 512 g/mol. The Morgan fingerprint density at radius 3 is 1.97 bits per heavy atom. The van der Waals surface area contributed by atoms with E-state index in [2.05, 4.69) is 28.6 Å². The first-order chi connectivity index (χ1) is 16.6. The lowest BCUT2D eigenvalue weighted by Gasteiger charge is -2.24. The van der Waals surface area contributed by atoms with Crippen LogP contribution in [0.3, 0.4) is 0 Å². The number of unbranched alkanes of at least 4 members (excludes halogenated alkanes) is 1. The number of amides is 3. The molecule has 1 rings (SSSR count). The molecule has 1 aromatic carbocycles. The summed E-state index contributed by atoms with van der Waals surface area (Å²) >= 11 is 4.03. The largest absolute Gasteiger partial charge is 0.481 e. The molecule has 0 saturated heterocycles. The van der Waals surface area contributed by atoms with Gasteiger partial charge in [-0.1, -0.05) is 36.8 Å². The summed E-state index contributed by atoms with van der Waals surface area (Å²) in [6.45, 7) is 0.430. The monoisotopic (exact) mass is 511 g/mol. The molecule has 13 heteroatoms. The van der Waals surface area contributed by atoms with Crippen molar-refractivity contribution >= 4 is 42.3 Å². The number of carbonyl (C=O) groups is 5. The Hall–Kier alpha value is -3.16. The minimum atomic E-state index is -1.50. The predicted molar refractivity (Wildman–Crippen MR) is 131 cm³/mol. The Labute approximate surface area is 208 Å². The molecule has 0 aliphatic carbocycles. The second kappa shape index (κ2) is 15.7. The minimum absolute atomic E-state index is 0.00882. The fraction of sp³-hybridized carbons (Fsp3) is 0.500. The summed E-state index contributed by atoms with van der Waals surface area (Å²) in [7, 11) is 0. The molecule has 9 N–H and O–H groups in total. The van der Waals surface area contributed by atoms with E-state index in [1.807, 2.05) is 0 Å². The second-order valence-corrected chi connectivity index (χ2v) is 8.25. The molecule has 4 unspecified atom stereocenters. The summed E-state index contributed by atoms with van der Waals surface area (Å²) < 4.78 is 0. The maximum absolute atomic E-state index is 12.7. The normalized spacial score (nSPS) is 14.1. The summed E-state index contributed by atoms with van der Waals surface area (Å²) in [5.41, 5.74) is 11.9. The van der Waals surface area contributed by atoms with Crippen molar-refractivity contribution in [3.8, 4) is 0 Å². The van der Waals surface area contributed by atoms with E-state index in [0.29, 0.717) is 31.4 Å². The number of hydrogen-bond donors (Lipinski definition) is 8. The standard InChI is InChI=1S/C22H33N5O7S/c23-9-5-4-8-14(24)19(30)25-15(11-18(28)29)20(31)27-17(12-35)21(32)26-16(22(33)34)10-13-6-2-1-3-7-13/h1-3,6-7,14-17,35H,4-5,8-12,23-24H2,(H,25,30)(H,26,32)(H,27,31)(H,28,29)(H,33,34). The van der Waals surface area contributed by atoms with E-state index in [4.69, 9.17) is 16.6 Å². The van der Waals surface area contributed by atoms with Gasteiger partial charge in [-0.25, -0.2) is 4.79 Å². The molecule has 35 heavy (non-hydrogen) atoms. The Morgan fingerprint density at radius 2 is 1.43 bits per heavy atom. The van der Waals surface area contributed by atoms with Gasteiger partial charge < -0.3 is 37.6 Å². The molecule has 1 aromatic rings. The van der Waals surface area contributed by atoms with Gasteiger partial charge in [-0.3, -0.25) is 19.2 Å². The van der Waals surface area contributed by atoms with Crippen LogP contribution in [0.5, 0.6) is 0 Å². The molecule has 0 aromatic heterocycles. The first-order valence-corrected chi connectivity index (χ1v) is 11.7. The quantitative estimate of drug-likeness (QED) is 0.0969. The number of thiol groups is 1. The molecule has 0 radical (unpaired) electrons. The minimum Gasteiger partial charge on any atom is -0.481 e. The molecular formula is C22H33N5O7S. The van der Waals surface area contributed by atoms with Crippen LogP contribution in [0.2, 0.25) is 0 Å². The molecule has 0 spiro atoms. The van der Waals surface area contributed by atoms with Crippen molar-refractivity contribution in [3.63, 3.8) is 0 Å². The van der Waals surface area contributed by atoms with Crippen molar-refractivity contribution in [1.29, 1.82) is 0 Å². The average Bonchev–Trinajstić information content (AvgIpc) is 2.81. The highest BCUT2D eigenvalue weighted by molar-refractivity contribution is 7.80. The zero-order valence-electron chi connectivity index (χ0n) is 19.2. The van der Waals surface area contributed by atoms with E-state index >= 15 is 0 Å². The van der Waals surface area contributed by atoms with Crippen molar-refractivity contribution in [2.45, 2.75) is 56.3 Å². The van der Waals surface area contributed by atoms with Gasteiger partial charge in [-0.05, 0) is 24.9 Å². The molecule has 0 saturated carbocycles. The second-order valence-electron chi connectivity index (χ2n) is 7.88. The van der Waals surface area contributed by atoms with Gasteiger partial charge in [0.25, 0.3) is 0 Å². The summed E-state index contributed by atoms with van der Waals surface area (Å²) in [5.74, 6) is -5.32. The molecule has 0 bridgehead atoms. The number of nitrogens with two attached hydrogens (primary N) is 2. The summed E-state index contributed by atoms with van der Waals surface area (Å²) in [4.78, 5) is 60.5. The van der Waals surface area contributed by atoms with Gasteiger partial charge in [-0.15, -0.1) is 0 Å². The number of hydrogen-bond acceptors (Lipinski definition) is 8. The third-order valence-electron chi connectivity index (χ3n) is 5.03. The van der Waals surface area contributed by atoms with Crippen LogP contribution in [-0.4, -0.2) is 76.3 Å². The molecular weight excluding hydrogens is 478 g/mol. The Morgan fingerprint density at radius 1 is 0.857 bits per heavy atom. The third kappa shape index (κ3) is 11.2. The highest BCUT2D eigenvalue weighted by Crippen LogP contribution is 2.05. The van der Waals surface area contributed by atoms with Crippen molar-refractivity contribution in [2.24, 2.45) is 11.5 Å². The molecule has 0 heterocycles. The molecule has 0 aliphatic rings.